The SMILES string of the molecule is COC(=O)CCN(Cc1ccncc1)C(=O)C(F)(F)F. The second-order valence-electron chi connectivity index (χ2n) is 3.91. The molecule has 20 heavy (non-hydrogen) atoms. The number of halogens is 3. The summed E-state index contributed by atoms with van der Waals surface area (Å²) in [5.41, 5.74) is 0.488. The fourth-order valence-corrected chi connectivity index (χ4v) is 1.47. The van der Waals surface area contributed by atoms with Crippen LogP contribution >= 0.6 is 0 Å². The zero-order valence-electron chi connectivity index (χ0n) is 10.7. The average Bonchev–Trinajstić information content (AvgIpc) is 2.42. The van der Waals surface area contributed by atoms with Gasteiger partial charge in [-0.15, -0.1) is 0 Å². The van der Waals surface area contributed by atoms with Crippen molar-refractivity contribution >= 4 is 11.9 Å². The molecule has 0 aliphatic carbocycles. The van der Waals surface area contributed by atoms with Crippen LogP contribution in [0.3, 0.4) is 0 Å². The van der Waals surface area contributed by atoms with Crippen molar-refractivity contribution in [1.82, 2.24) is 9.88 Å². The topological polar surface area (TPSA) is 59.5 Å². The lowest BCUT2D eigenvalue weighted by Gasteiger charge is -2.23. The smallest absolute Gasteiger partial charge is 0.469 e. The molecule has 1 heterocycles. The van der Waals surface area contributed by atoms with E-state index in [1.807, 2.05) is 0 Å². The predicted octanol–water partition coefficient (Wildman–Crippen LogP) is 1.54. The van der Waals surface area contributed by atoms with Crippen LogP contribution in [-0.4, -0.2) is 41.6 Å². The largest absolute Gasteiger partial charge is 0.471 e. The molecule has 0 spiro atoms. The molecule has 8 heteroatoms. The van der Waals surface area contributed by atoms with E-state index in [1.54, 1.807) is 0 Å². The lowest BCUT2D eigenvalue weighted by Crippen LogP contribution is -2.41. The number of hydrogen-bond donors (Lipinski definition) is 0. The maximum absolute atomic E-state index is 12.5. The summed E-state index contributed by atoms with van der Waals surface area (Å²) in [5.74, 6) is -2.67. The van der Waals surface area contributed by atoms with Crippen LogP contribution in [0.2, 0.25) is 0 Å². The summed E-state index contributed by atoms with van der Waals surface area (Å²) in [5, 5.41) is 0. The Morgan fingerprint density at radius 1 is 1.30 bits per heavy atom. The van der Waals surface area contributed by atoms with Crippen LogP contribution in [0.1, 0.15) is 12.0 Å². The highest BCUT2D eigenvalue weighted by atomic mass is 19.4. The molecular weight excluding hydrogens is 277 g/mol. The van der Waals surface area contributed by atoms with Gasteiger partial charge in [-0.05, 0) is 17.7 Å². The van der Waals surface area contributed by atoms with Gasteiger partial charge in [0.15, 0.2) is 0 Å². The zero-order chi connectivity index (χ0) is 15.2. The first-order chi connectivity index (χ1) is 9.34. The number of amides is 1. The predicted molar refractivity (Wildman–Crippen MR) is 62.3 cm³/mol. The van der Waals surface area contributed by atoms with Gasteiger partial charge in [0.2, 0.25) is 0 Å². The van der Waals surface area contributed by atoms with Gasteiger partial charge in [-0.2, -0.15) is 13.2 Å². The minimum Gasteiger partial charge on any atom is -0.469 e. The van der Waals surface area contributed by atoms with Crippen LogP contribution in [0, 0.1) is 0 Å². The van der Waals surface area contributed by atoms with Gasteiger partial charge >= 0.3 is 18.1 Å². The summed E-state index contributed by atoms with van der Waals surface area (Å²) >= 11 is 0. The Morgan fingerprint density at radius 3 is 2.40 bits per heavy atom. The van der Waals surface area contributed by atoms with Gasteiger partial charge in [0.1, 0.15) is 0 Å². The molecule has 1 amide bonds. The highest BCUT2D eigenvalue weighted by molar-refractivity contribution is 5.82. The molecule has 0 saturated heterocycles. The van der Waals surface area contributed by atoms with E-state index in [4.69, 9.17) is 0 Å². The van der Waals surface area contributed by atoms with Gasteiger partial charge < -0.3 is 9.64 Å². The molecule has 1 rings (SSSR count). The van der Waals surface area contributed by atoms with Crippen molar-refractivity contribution in [3.8, 4) is 0 Å². The number of alkyl halides is 3. The molecule has 0 aromatic carbocycles. The molecule has 0 atom stereocenters. The van der Waals surface area contributed by atoms with E-state index >= 15 is 0 Å². The molecule has 0 radical (unpaired) electrons. The number of methoxy groups -OCH3 is 1. The number of hydrogen-bond acceptors (Lipinski definition) is 4. The first-order valence-electron chi connectivity index (χ1n) is 5.66. The normalized spacial score (nSPS) is 11.0. The van der Waals surface area contributed by atoms with Crippen molar-refractivity contribution in [3.63, 3.8) is 0 Å². The maximum atomic E-state index is 12.5. The fourth-order valence-electron chi connectivity index (χ4n) is 1.47. The van der Waals surface area contributed by atoms with E-state index in [2.05, 4.69) is 9.72 Å². The van der Waals surface area contributed by atoms with E-state index in [0.717, 1.165) is 7.11 Å². The van der Waals surface area contributed by atoms with Gasteiger partial charge in [0, 0.05) is 25.5 Å². The van der Waals surface area contributed by atoms with Crippen molar-refractivity contribution in [3.05, 3.63) is 30.1 Å². The molecule has 110 valence electrons. The standard InChI is InChI=1S/C12H13F3N2O3/c1-20-10(18)4-7-17(11(19)12(13,14)15)8-9-2-5-16-6-3-9/h2-3,5-6H,4,7-8H2,1H3. The number of pyridine rings is 1. The van der Waals surface area contributed by atoms with E-state index in [9.17, 15) is 22.8 Å². The molecule has 0 aliphatic heterocycles. The number of aromatic nitrogens is 1. The third kappa shape index (κ3) is 4.87. The van der Waals surface area contributed by atoms with Gasteiger partial charge in [-0.25, -0.2) is 0 Å². The molecule has 0 N–H and O–H groups in total. The molecule has 0 unspecified atom stereocenters. The summed E-state index contributed by atoms with van der Waals surface area (Å²) in [6.45, 7) is -0.620. The summed E-state index contributed by atoms with van der Waals surface area (Å²) < 4.78 is 41.8. The molecule has 0 aliphatic rings. The Balaban J connectivity index is 2.79. The average molecular weight is 290 g/mol. The fraction of sp³-hybridized carbons (Fsp3) is 0.417. The molecule has 1 aromatic rings. The Hall–Kier alpha value is -2.12. The molecule has 0 fully saturated rings. The number of rotatable bonds is 5. The lowest BCUT2D eigenvalue weighted by atomic mass is 10.2. The van der Waals surface area contributed by atoms with Crippen LogP contribution < -0.4 is 0 Å². The number of esters is 1. The zero-order valence-corrected chi connectivity index (χ0v) is 10.7. The summed E-state index contributed by atoms with van der Waals surface area (Å²) in [4.78, 5) is 26.6. The van der Waals surface area contributed by atoms with Crippen molar-refractivity contribution < 1.29 is 27.5 Å². The van der Waals surface area contributed by atoms with E-state index in [-0.39, 0.29) is 19.5 Å². The van der Waals surface area contributed by atoms with Crippen molar-refractivity contribution in [2.45, 2.75) is 19.1 Å². The van der Waals surface area contributed by atoms with E-state index < -0.39 is 18.1 Å². The molecule has 1 aromatic heterocycles. The Kier molecular flexibility index (Phi) is 5.48. The second-order valence-corrected chi connectivity index (χ2v) is 3.91. The first kappa shape index (κ1) is 15.9. The summed E-state index contributed by atoms with van der Waals surface area (Å²) in [6, 6.07) is 2.99. The van der Waals surface area contributed by atoms with Gasteiger partial charge in [0.25, 0.3) is 0 Å². The van der Waals surface area contributed by atoms with Crippen LogP contribution in [0.4, 0.5) is 13.2 Å². The minimum absolute atomic E-state index is 0.252. The van der Waals surface area contributed by atoms with Gasteiger partial charge in [0.05, 0.1) is 13.5 Å². The van der Waals surface area contributed by atoms with Crippen molar-refractivity contribution in [2.75, 3.05) is 13.7 Å². The molecular formula is C12H13F3N2O3. The number of carbonyl (C=O) groups is 2. The van der Waals surface area contributed by atoms with Crippen LogP contribution in [0.15, 0.2) is 24.5 Å². The molecule has 5 nitrogen and oxygen atoms in total. The van der Waals surface area contributed by atoms with Crippen LogP contribution in [-0.2, 0) is 20.9 Å². The van der Waals surface area contributed by atoms with E-state index in [1.165, 1.54) is 24.5 Å². The third-order valence-corrected chi connectivity index (χ3v) is 2.47. The Labute approximate surface area is 113 Å². The third-order valence-electron chi connectivity index (χ3n) is 2.47. The first-order valence-corrected chi connectivity index (χ1v) is 5.66. The lowest BCUT2D eigenvalue weighted by molar-refractivity contribution is -0.186. The van der Waals surface area contributed by atoms with Crippen LogP contribution in [0.25, 0.3) is 0 Å². The van der Waals surface area contributed by atoms with Gasteiger partial charge in [-0.1, -0.05) is 0 Å². The highest BCUT2D eigenvalue weighted by Crippen LogP contribution is 2.20. The Morgan fingerprint density at radius 2 is 1.90 bits per heavy atom. The van der Waals surface area contributed by atoms with Crippen LogP contribution in [0.5, 0.6) is 0 Å². The van der Waals surface area contributed by atoms with Crippen molar-refractivity contribution in [1.29, 1.82) is 0 Å². The van der Waals surface area contributed by atoms with Gasteiger partial charge in [-0.3, -0.25) is 14.6 Å². The molecule has 0 saturated carbocycles. The number of nitrogens with zero attached hydrogens (tertiary/aromatic N) is 2. The second kappa shape index (κ2) is 6.88. The highest BCUT2D eigenvalue weighted by Gasteiger charge is 2.42. The minimum atomic E-state index is -4.98. The number of carbonyl (C=O) groups excluding carboxylic acids is 2. The van der Waals surface area contributed by atoms with Crippen molar-refractivity contribution in [2.24, 2.45) is 0 Å². The summed E-state index contributed by atoms with van der Waals surface area (Å²) in [6.07, 6.45) is -2.47. The maximum Gasteiger partial charge on any atom is 0.471 e. The molecule has 0 bridgehead atoms. The quantitative estimate of drug-likeness (QED) is 0.772. The summed E-state index contributed by atoms with van der Waals surface area (Å²) in [7, 11) is 1.13. The van der Waals surface area contributed by atoms with E-state index in [0.29, 0.717) is 10.5 Å². The Bertz CT molecular complexity index is 463. The monoisotopic (exact) mass is 290 g/mol. The number of ether oxygens (including phenoxy) is 1.